The SMILES string of the molecule is CCCCCC(=O)N1c2ccccc2NC2=C(C(=O)C[C@@H](c3ccc(OC)cc3)C2)[C@@H]1c1ccccc1OCC. The highest BCUT2D eigenvalue weighted by Gasteiger charge is 2.42. The lowest BCUT2D eigenvalue weighted by atomic mass is 9.78. The summed E-state index contributed by atoms with van der Waals surface area (Å²) in [5.41, 5.74) is 5.05. The van der Waals surface area contributed by atoms with Crippen LogP contribution < -0.4 is 19.7 Å². The van der Waals surface area contributed by atoms with E-state index in [1.807, 2.05) is 84.6 Å². The number of ketones is 1. The van der Waals surface area contributed by atoms with Crippen molar-refractivity contribution in [2.24, 2.45) is 0 Å². The molecular weight excluding hydrogens is 500 g/mol. The average molecular weight is 539 g/mol. The molecule has 3 aromatic rings. The Labute approximate surface area is 237 Å². The van der Waals surface area contributed by atoms with Crippen molar-refractivity contribution < 1.29 is 19.1 Å². The Kier molecular flexibility index (Phi) is 8.54. The average Bonchev–Trinajstić information content (AvgIpc) is 3.12. The van der Waals surface area contributed by atoms with E-state index in [0.29, 0.717) is 37.2 Å². The topological polar surface area (TPSA) is 67.9 Å². The molecule has 5 rings (SSSR count). The van der Waals surface area contributed by atoms with Crippen LogP contribution >= 0.6 is 0 Å². The molecule has 1 aliphatic heterocycles. The minimum Gasteiger partial charge on any atom is -0.497 e. The number of allylic oxidation sites excluding steroid dienone is 1. The second-order valence-electron chi connectivity index (χ2n) is 10.4. The third kappa shape index (κ3) is 5.48. The molecule has 0 aromatic heterocycles. The van der Waals surface area contributed by atoms with Crippen LogP contribution in [0.1, 0.15) is 75.5 Å². The maximum atomic E-state index is 14.2. The Balaban J connectivity index is 1.67. The molecule has 0 bridgehead atoms. The summed E-state index contributed by atoms with van der Waals surface area (Å²) in [5.74, 6) is 1.56. The molecule has 3 aromatic carbocycles. The highest BCUT2D eigenvalue weighted by atomic mass is 16.5. The Hall–Kier alpha value is -4.06. The van der Waals surface area contributed by atoms with Gasteiger partial charge in [0.05, 0.1) is 31.1 Å². The van der Waals surface area contributed by atoms with Gasteiger partial charge in [0.1, 0.15) is 11.5 Å². The van der Waals surface area contributed by atoms with Gasteiger partial charge in [0.25, 0.3) is 0 Å². The van der Waals surface area contributed by atoms with Crippen molar-refractivity contribution >= 4 is 23.1 Å². The summed E-state index contributed by atoms with van der Waals surface area (Å²) < 4.78 is 11.4. The molecule has 6 nitrogen and oxygen atoms in total. The Morgan fingerprint density at radius 3 is 2.45 bits per heavy atom. The van der Waals surface area contributed by atoms with Gasteiger partial charge < -0.3 is 14.8 Å². The van der Waals surface area contributed by atoms with Gasteiger partial charge in [-0.3, -0.25) is 14.5 Å². The number of nitrogens with zero attached hydrogens (tertiary/aromatic N) is 1. The third-order valence-corrected chi connectivity index (χ3v) is 7.85. The number of methoxy groups -OCH3 is 1. The van der Waals surface area contributed by atoms with Crippen molar-refractivity contribution in [2.75, 3.05) is 23.9 Å². The number of amides is 1. The molecule has 1 N–H and O–H groups in total. The molecule has 2 atom stereocenters. The summed E-state index contributed by atoms with van der Waals surface area (Å²) >= 11 is 0. The van der Waals surface area contributed by atoms with Crippen molar-refractivity contribution in [3.05, 3.63) is 95.2 Å². The number of anilines is 2. The summed E-state index contributed by atoms with van der Waals surface area (Å²) in [5, 5.41) is 3.62. The lowest BCUT2D eigenvalue weighted by Gasteiger charge is -2.36. The van der Waals surface area contributed by atoms with E-state index in [2.05, 4.69) is 12.2 Å². The highest BCUT2D eigenvalue weighted by Crippen LogP contribution is 2.49. The van der Waals surface area contributed by atoms with Crippen LogP contribution in [0.4, 0.5) is 11.4 Å². The van der Waals surface area contributed by atoms with Gasteiger partial charge in [-0.1, -0.05) is 62.2 Å². The normalized spacial score (nSPS) is 18.4. The summed E-state index contributed by atoms with van der Waals surface area (Å²) in [4.78, 5) is 30.2. The largest absolute Gasteiger partial charge is 0.497 e. The highest BCUT2D eigenvalue weighted by molar-refractivity contribution is 6.06. The third-order valence-electron chi connectivity index (χ3n) is 7.85. The predicted octanol–water partition coefficient (Wildman–Crippen LogP) is 7.57. The van der Waals surface area contributed by atoms with Gasteiger partial charge >= 0.3 is 0 Å². The van der Waals surface area contributed by atoms with Gasteiger partial charge in [0, 0.05) is 29.7 Å². The fraction of sp³-hybridized carbons (Fsp3) is 0.353. The number of benzene rings is 3. The number of unbranched alkanes of at least 4 members (excludes halogenated alkanes) is 2. The zero-order valence-corrected chi connectivity index (χ0v) is 23.6. The molecule has 6 heteroatoms. The van der Waals surface area contributed by atoms with Crippen LogP contribution in [-0.2, 0) is 9.59 Å². The molecule has 0 unspecified atom stereocenters. The molecule has 0 radical (unpaired) electrons. The molecular formula is C34H38N2O4. The maximum absolute atomic E-state index is 14.2. The van der Waals surface area contributed by atoms with Crippen LogP contribution in [0, 0.1) is 0 Å². The molecule has 1 aliphatic carbocycles. The first-order valence-corrected chi connectivity index (χ1v) is 14.4. The van der Waals surface area contributed by atoms with Crippen molar-refractivity contribution in [2.45, 2.75) is 64.3 Å². The predicted molar refractivity (Wildman–Crippen MR) is 159 cm³/mol. The van der Waals surface area contributed by atoms with Gasteiger partial charge in [0.2, 0.25) is 5.91 Å². The molecule has 2 aliphatic rings. The minimum atomic E-state index is -0.590. The molecule has 1 amide bonds. The Bertz CT molecular complexity index is 1400. The number of rotatable bonds is 9. The second-order valence-corrected chi connectivity index (χ2v) is 10.4. The van der Waals surface area contributed by atoms with E-state index in [1.165, 1.54) is 0 Å². The van der Waals surface area contributed by atoms with Crippen molar-refractivity contribution in [3.63, 3.8) is 0 Å². The van der Waals surface area contributed by atoms with Gasteiger partial charge in [-0.25, -0.2) is 0 Å². The fourth-order valence-corrected chi connectivity index (χ4v) is 5.91. The number of carbonyl (C=O) groups excluding carboxylic acids is 2. The minimum absolute atomic E-state index is 0.0119. The number of hydrogen-bond donors (Lipinski definition) is 1. The molecule has 1 heterocycles. The van der Waals surface area contributed by atoms with Gasteiger partial charge in [-0.2, -0.15) is 0 Å². The molecule has 40 heavy (non-hydrogen) atoms. The van der Waals surface area contributed by atoms with Gasteiger partial charge in [-0.15, -0.1) is 0 Å². The number of fused-ring (bicyclic) bond motifs is 1. The van der Waals surface area contributed by atoms with Crippen LogP contribution in [0.2, 0.25) is 0 Å². The van der Waals surface area contributed by atoms with Crippen LogP contribution in [0.3, 0.4) is 0 Å². The van der Waals surface area contributed by atoms with Gasteiger partial charge in [0.15, 0.2) is 5.78 Å². The standard InChI is InChI=1S/C34H38N2O4/c1-4-6-7-16-32(38)36-29-14-10-9-13-27(29)35-28-21-24(23-17-19-25(39-3)20-18-23)22-30(37)33(28)34(36)26-12-8-11-15-31(26)40-5-2/h8-15,17-20,24,34-35H,4-7,16,21-22H2,1-3H3/t24-,34-/m0/s1. The maximum Gasteiger partial charge on any atom is 0.227 e. The Morgan fingerprint density at radius 2 is 1.70 bits per heavy atom. The van der Waals surface area contributed by atoms with E-state index in [1.54, 1.807) is 7.11 Å². The van der Waals surface area contributed by atoms with E-state index in [0.717, 1.165) is 53.2 Å². The zero-order valence-electron chi connectivity index (χ0n) is 23.6. The first kappa shape index (κ1) is 27.5. The fourth-order valence-electron chi connectivity index (χ4n) is 5.91. The number of Topliss-reactive ketones (excluding diaryl/α,β-unsaturated/α-hetero) is 1. The zero-order chi connectivity index (χ0) is 28.1. The monoisotopic (exact) mass is 538 g/mol. The first-order valence-electron chi connectivity index (χ1n) is 14.4. The second kappa shape index (κ2) is 12.4. The molecule has 0 saturated heterocycles. The lowest BCUT2D eigenvalue weighted by Crippen LogP contribution is -2.38. The van der Waals surface area contributed by atoms with E-state index in [4.69, 9.17) is 9.47 Å². The summed E-state index contributed by atoms with van der Waals surface area (Å²) in [6.07, 6.45) is 4.27. The number of carbonyl (C=O) groups is 2. The van der Waals surface area contributed by atoms with E-state index < -0.39 is 6.04 Å². The van der Waals surface area contributed by atoms with Crippen LogP contribution in [0.5, 0.6) is 11.5 Å². The van der Waals surface area contributed by atoms with E-state index >= 15 is 0 Å². The van der Waals surface area contributed by atoms with Crippen LogP contribution in [0.25, 0.3) is 0 Å². The van der Waals surface area contributed by atoms with Crippen molar-refractivity contribution in [1.29, 1.82) is 0 Å². The smallest absolute Gasteiger partial charge is 0.227 e. The van der Waals surface area contributed by atoms with Crippen molar-refractivity contribution in [1.82, 2.24) is 0 Å². The van der Waals surface area contributed by atoms with Crippen LogP contribution in [-0.4, -0.2) is 25.4 Å². The van der Waals surface area contributed by atoms with E-state index in [9.17, 15) is 9.59 Å². The lowest BCUT2D eigenvalue weighted by molar-refractivity contribution is -0.119. The molecule has 0 saturated carbocycles. The van der Waals surface area contributed by atoms with Crippen LogP contribution in [0.15, 0.2) is 84.1 Å². The summed E-state index contributed by atoms with van der Waals surface area (Å²) in [6.45, 7) is 4.57. The van der Waals surface area contributed by atoms with Crippen molar-refractivity contribution in [3.8, 4) is 11.5 Å². The van der Waals surface area contributed by atoms with Gasteiger partial charge in [-0.05, 0) is 61.6 Å². The quantitative estimate of drug-likeness (QED) is 0.285. The number of para-hydroxylation sites is 3. The number of hydrogen-bond acceptors (Lipinski definition) is 5. The molecule has 0 spiro atoms. The summed E-state index contributed by atoms with van der Waals surface area (Å²) in [6, 6.07) is 23.1. The summed E-state index contributed by atoms with van der Waals surface area (Å²) in [7, 11) is 1.65. The number of ether oxygens (including phenoxy) is 2. The van der Waals surface area contributed by atoms with E-state index in [-0.39, 0.29) is 17.6 Å². The molecule has 208 valence electrons. The Morgan fingerprint density at radius 1 is 0.950 bits per heavy atom. The number of nitrogens with one attached hydrogen (secondary N) is 1. The molecule has 0 fully saturated rings. The first-order chi connectivity index (χ1) is 19.5.